The summed E-state index contributed by atoms with van der Waals surface area (Å²) >= 11 is 3.48. The van der Waals surface area contributed by atoms with Crippen LogP contribution in [0.2, 0.25) is 0 Å². The van der Waals surface area contributed by atoms with E-state index >= 15 is 0 Å². The van der Waals surface area contributed by atoms with Gasteiger partial charge in [0.05, 0.1) is 11.0 Å². The maximum absolute atomic E-state index is 3.48. The van der Waals surface area contributed by atoms with Crippen molar-refractivity contribution in [2.24, 2.45) is 0 Å². The Balaban J connectivity index is 1.38. The molecule has 6 rings (SSSR count). The molecule has 2 nitrogen and oxygen atoms in total. The van der Waals surface area contributed by atoms with Crippen LogP contribution >= 0.6 is 15.9 Å². The van der Waals surface area contributed by atoms with Crippen LogP contribution in [-0.2, 0) is 0 Å². The molecule has 0 atom stereocenters. The lowest BCUT2D eigenvalue weighted by molar-refractivity contribution is 1.18. The molecule has 0 radical (unpaired) electrons. The van der Waals surface area contributed by atoms with Gasteiger partial charge in [0.1, 0.15) is 0 Å². The lowest BCUT2D eigenvalue weighted by Crippen LogP contribution is -1.94. The van der Waals surface area contributed by atoms with Crippen molar-refractivity contribution in [1.29, 1.82) is 0 Å². The van der Waals surface area contributed by atoms with Gasteiger partial charge in [-0.05, 0) is 71.8 Å². The fourth-order valence-electron chi connectivity index (χ4n) is 4.47. The Hall–Kier alpha value is -3.82. The Labute approximate surface area is 201 Å². The van der Waals surface area contributed by atoms with E-state index in [1.54, 1.807) is 0 Å². The largest absolute Gasteiger partial charge is 0.356 e. The van der Waals surface area contributed by atoms with Gasteiger partial charge in [0.15, 0.2) is 0 Å². The van der Waals surface area contributed by atoms with Crippen molar-refractivity contribution in [3.05, 3.63) is 126 Å². The molecule has 0 spiro atoms. The number of anilines is 2. The highest BCUT2D eigenvalue weighted by Crippen LogP contribution is 2.33. The number of aromatic nitrogens is 1. The fourth-order valence-corrected chi connectivity index (χ4v) is 4.74. The van der Waals surface area contributed by atoms with E-state index in [9.17, 15) is 0 Å². The summed E-state index contributed by atoms with van der Waals surface area (Å²) in [7, 11) is 0. The van der Waals surface area contributed by atoms with Gasteiger partial charge in [-0.25, -0.2) is 0 Å². The highest BCUT2D eigenvalue weighted by molar-refractivity contribution is 9.10. The predicted molar refractivity (Wildman–Crippen MR) is 144 cm³/mol. The van der Waals surface area contributed by atoms with Crippen molar-refractivity contribution < 1.29 is 0 Å². The number of nitrogens with zero attached hydrogens (tertiary/aromatic N) is 1. The summed E-state index contributed by atoms with van der Waals surface area (Å²) in [4.78, 5) is 0. The number of nitrogens with one attached hydrogen (secondary N) is 1. The average Bonchev–Trinajstić information content (AvgIpc) is 3.21. The minimum Gasteiger partial charge on any atom is -0.356 e. The Morgan fingerprint density at radius 2 is 1.09 bits per heavy atom. The van der Waals surface area contributed by atoms with Gasteiger partial charge in [0.25, 0.3) is 0 Å². The summed E-state index contributed by atoms with van der Waals surface area (Å²) in [5, 5.41) is 6.02. The highest BCUT2D eigenvalue weighted by Gasteiger charge is 2.11. The summed E-state index contributed by atoms with van der Waals surface area (Å²) in [5.74, 6) is 0. The van der Waals surface area contributed by atoms with Crippen LogP contribution in [0.5, 0.6) is 0 Å². The lowest BCUT2D eigenvalue weighted by atomic mass is 10.0. The Morgan fingerprint density at radius 1 is 0.515 bits per heavy atom. The van der Waals surface area contributed by atoms with E-state index in [2.05, 4.69) is 135 Å². The smallest absolute Gasteiger partial charge is 0.0541 e. The van der Waals surface area contributed by atoms with Crippen LogP contribution in [0.3, 0.4) is 0 Å². The lowest BCUT2D eigenvalue weighted by Gasteiger charge is -2.11. The first-order valence-corrected chi connectivity index (χ1v) is 11.8. The third kappa shape index (κ3) is 3.71. The minimum absolute atomic E-state index is 1.07. The molecule has 0 saturated carbocycles. The molecule has 33 heavy (non-hydrogen) atoms. The molecule has 0 bridgehead atoms. The second kappa shape index (κ2) is 8.27. The molecular weight excluding hydrogens is 468 g/mol. The summed E-state index contributed by atoms with van der Waals surface area (Å²) in [6.07, 6.45) is 0. The molecule has 158 valence electrons. The molecule has 0 saturated heterocycles. The second-order valence-electron chi connectivity index (χ2n) is 8.13. The number of fused-ring (bicyclic) bond motifs is 3. The van der Waals surface area contributed by atoms with E-state index in [0.717, 1.165) is 15.8 Å². The second-order valence-corrected chi connectivity index (χ2v) is 9.04. The molecule has 1 heterocycles. The average molecular weight is 489 g/mol. The van der Waals surface area contributed by atoms with Crippen LogP contribution in [0, 0.1) is 0 Å². The van der Waals surface area contributed by atoms with E-state index < -0.39 is 0 Å². The molecule has 0 fully saturated rings. The molecule has 0 amide bonds. The molecule has 0 aliphatic heterocycles. The zero-order chi connectivity index (χ0) is 22.2. The van der Waals surface area contributed by atoms with E-state index in [1.807, 2.05) is 12.1 Å². The standard InChI is InChI=1S/C30H21BrN2/c31-23-14-18-25(19-15-23)32-24-16-12-21(13-17-24)22-6-5-7-26(20-22)33-29-10-3-1-8-27(29)28-9-2-4-11-30(28)33/h1-20,32H. The van der Waals surface area contributed by atoms with Crippen molar-refractivity contribution in [3.8, 4) is 16.8 Å². The van der Waals surface area contributed by atoms with Crippen molar-refractivity contribution >= 4 is 49.1 Å². The van der Waals surface area contributed by atoms with Crippen LogP contribution in [0.1, 0.15) is 0 Å². The van der Waals surface area contributed by atoms with Gasteiger partial charge in [-0.1, -0.05) is 76.6 Å². The van der Waals surface area contributed by atoms with Gasteiger partial charge in [0, 0.05) is 32.3 Å². The molecule has 0 unspecified atom stereocenters. The van der Waals surface area contributed by atoms with E-state index in [0.29, 0.717) is 0 Å². The fraction of sp³-hybridized carbons (Fsp3) is 0. The molecule has 0 aliphatic rings. The van der Waals surface area contributed by atoms with E-state index in [4.69, 9.17) is 0 Å². The van der Waals surface area contributed by atoms with Crippen molar-refractivity contribution in [3.63, 3.8) is 0 Å². The number of hydrogen-bond donors (Lipinski definition) is 1. The van der Waals surface area contributed by atoms with Gasteiger partial charge in [0.2, 0.25) is 0 Å². The monoisotopic (exact) mass is 488 g/mol. The maximum atomic E-state index is 3.48. The number of benzene rings is 5. The Morgan fingerprint density at radius 3 is 1.73 bits per heavy atom. The van der Waals surface area contributed by atoms with Gasteiger partial charge in [-0.3, -0.25) is 0 Å². The molecular formula is C30H21BrN2. The minimum atomic E-state index is 1.07. The first-order valence-electron chi connectivity index (χ1n) is 11.0. The predicted octanol–water partition coefficient (Wildman–Crippen LogP) is 8.96. The van der Waals surface area contributed by atoms with Crippen molar-refractivity contribution in [1.82, 2.24) is 4.57 Å². The summed E-state index contributed by atoms with van der Waals surface area (Å²) in [6.45, 7) is 0. The van der Waals surface area contributed by atoms with Crippen LogP contribution < -0.4 is 5.32 Å². The van der Waals surface area contributed by atoms with Gasteiger partial charge < -0.3 is 9.88 Å². The first kappa shape index (κ1) is 19.8. The zero-order valence-corrected chi connectivity index (χ0v) is 19.5. The molecule has 1 aromatic heterocycles. The van der Waals surface area contributed by atoms with Crippen LogP contribution in [-0.4, -0.2) is 4.57 Å². The van der Waals surface area contributed by atoms with E-state index in [1.165, 1.54) is 38.6 Å². The molecule has 0 aliphatic carbocycles. The molecule has 1 N–H and O–H groups in total. The summed E-state index contributed by atoms with van der Waals surface area (Å²) < 4.78 is 3.43. The Kier molecular flexibility index (Phi) is 4.97. The summed E-state index contributed by atoms with van der Waals surface area (Å²) in [6, 6.07) is 42.8. The topological polar surface area (TPSA) is 17.0 Å². The molecule has 3 heteroatoms. The number of halogens is 1. The SMILES string of the molecule is Brc1ccc(Nc2ccc(-c3cccc(-n4c5ccccc5c5ccccc54)c3)cc2)cc1. The maximum Gasteiger partial charge on any atom is 0.0541 e. The van der Waals surface area contributed by atoms with Crippen molar-refractivity contribution in [2.75, 3.05) is 5.32 Å². The highest BCUT2D eigenvalue weighted by atomic mass is 79.9. The first-order chi connectivity index (χ1) is 16.3. The molecule has 6 aromatic rings. The Bertz CT molecular complexity index is 1530. The number of para-hydroxylation sites is 2. The van der Waals surface area contributed by atoms with E-state index in [-0.39, 0.29) is 0 Å². The van der Waals surface area contributed by atoms with Gasteiger partial charge >= 0.3 is 0 Å². The van der Waals surface area contributed by atoms with Gasteiger partial charge in [-0.15, -0.1) is 0 Å². The zero-order valence-electron chi connectivity index (χ0n) is 17.9. The molecule has 5 aromatic carbocycles. The summed E-state index contributed by atoms with van der Waals surface area (Å²) in [5.41, 5.74) is 8.15. The normalized spacial score (nSPS) is 11.2. The quantitative estimate of drug-likeness (QED) is 0.262. The van der Waals surface area contributed by atoms with Crippen LogP contribution in [0.15, 0.2) is 126 Å². The van der Waals surface area contributed by atoms with Gasteiger partial charge in [-0.2, -0.15) is 0 Å². The van der Waals surface area contributed by atoms with Crippen molar-refractivity contribution in [2.45, 2.75) is 0 Å². The number of rotatable bonds is 4. The van der Waals surface area contributed by atoms with Crippen LogP contribution in [0.4, 0.5) is 11.4 Å². The third-order valence-electron chi connectivity index (χ3n) is 6.04. The third-order valence-corrected chi connectivity index (χ3v) is 6.56. The van der Waals surface area contributed by atoms with Crippen LogP contribution in [0.25, 0.3) is 38.6 Å². The number of hydrogen-bond acceptors (Lipinski definition) is 1.